The summed E-state index contributed by atoms with van der Waals surface area (Å²) < 4.78 is 22.9. The third-order valence-corrected chi connectivity index (χ3v) is 6.42. The van der Waals surface area contributed by atoms with E-state index in [1.165, 1.54) is 16.8 Å². The zero-order chi connectivity index (χ0) is 17.9. The second-order valence-electron chi connectivity index (χ2n) is 6.30. The molecular weight excluding hydrogens is 356 g/mol. The van der Waals surface area contributed by atoms with Gasteiger partial charge in [-0.05, 0) is 48.4 Å². The van der Waals surface area contributed by atoms with Gasteiger partial charge in [0.1, 0.15) is 0 Å². The van der Waals surface area contributed by atoms with Gasteiger partial charge in [0.05, 0.1) is 17.1 Å². The summed E-state index contributed by atoms with van der Waals surface area (Å²) in [6.07, 6.45) is 4.54. The summed E-state index contributed by atoms with van der Waals surface area (Å²) in [4.78, 5) is 16.1. The van der Waals surface area contributed by atoms with Crippen molar-refractivity contribution >= 4 is 32.8 Å². The van der Waals surface area contributed by atoms with Gasteiger partial charge in [0.25, 0.3) is 0 Å². The van der Waals surface area contributed by atoms with E-state index in [9.17, 15) is 13.2 Å². The first-order valence-electron chi connectivity index (χ1n) is 8.30. The molecule has 1 amide bonds. The van der Waals surface area contributed by atoms with Crippen LogP contribution in [0.5, 0.6) is 0 Å². The van der Waals surface area contributed by atoms with Crippen LogP contribution in [0.25, 0.3) is 0 Å². The maximum Gasteiger partial charge on any atom is 0.239 e. The molecule has 0 aliphatic carbocycles. The summed E-state index contributed by atoms with van der Waals surface area (Å²) in [5.41, 5.74) is 2.07. The monoisotopic (exact) mass is 378 g/mol. The molecule has 7 heteroatoms. The van der Waals surface area contributed by atoms with Crippen LogP contribution in [-0.4, -0.2) is 33.7 Å². The number of nitrogens with one attached hydrogen (secondary N) is 1. The molecule has 1 aliphatic rings. The number of anilines is 1. The van der Waals surface area contributed by atoms with E-state index in [1.807, 2.05) is 0 Å². The van der Waals surface area contributed by atoms with Gasteiger partial charge in [-0.2, -0.15) is 0 Å². The highest BCUT2D eigenvalue weighted by Gasteiger charge is 2.18. The molecule has 0 bridgehead atoms. The lowest BCUT2D eigenvalue weighted by molar-refractivity contribution is -0.119. The number of aryl methyl sites for hydroxylation is 1. The Hall–Kier alpha value is -1.86. The summed E-state index contributed by atoms with van der Waals surface area (Å²) in [5.74, 6) is -0.0220. The third-order valence-electron chi connectivity index (χ3n) is 4.32. The lowest BCUT2D eigenvalue weighted by atomic mass is 10.2. The highest BCUT2D eigenvalue weighted by atomic mass is 32.2. The van der Waals surface area contributed by atoms with Crippen LogP contribution in [0.4, 0.5) is 5.69 Å². The molecule has 134 valence electrons. The lowest BCUT2D eigenvalue weighted by Crippen LogP contribution is -2.37. The van der Waals surface area contributed by atoms with E-state index < -0.39 is 9.84 Å². The standard InChI is InChI=1S/C18H22N2O3S2/c1-25(22,23)15-7-5-14(6-8-15)12-19-18(21)13-20-10-3-2-4-17-16(20)9-11-24-17/h5-9,11H,2-4,10,12-13H2,1H3,(H,19,21). The Kier molecular flexibility index (Phi) is 5.44. The fraction of sp³-hybridized carbons (Fsp3) is 0.389. The normalized spacial score (nSPS) is 14.7. The smallest absolute Gasteiger partial charge is 0.239 e. The molecule has 0 saturated carbocycles. The number of carbonyl (C=O) groups is 1. The van der Waals surface area contributed by atoms with Crippen molar-refractivity contribution in [2.45, 2.75) is 30.7 Å². The van der Waals surface area contributed by atoms with Crippen LogP contribution in [0.3, 0.4) is 0 Å². The van der Waals surface area contributed by atoms with E-state index in [1.54, 1.807) is 35.6 Å². The summed E-state index contributed by atoms with van der Waals surface area (Å²) in [6.45, 7) is 1.65. The molecule has 0 fully saturated rings. The summed E-state index contributed by atoms with van der Waals surface area (Å²) in [6, 6.07) is 8.72. The molecule has 0 spiro atoms. The van der Waals surface area contributed by atoms with Gasteiger partial charge in [-0.1, -0.05) is 12.1 Å². The van der Waals surface area contributed by atoms with Crippen molar-refractivity contribution < 1.29 is 13.2 Å². The molecule has 5 nitrogen and oxygen atoms in total. The third kappa shape index (κ3) is 4.61. The van der Waals surface area contributed by atoms with Crippen molar-refractivity contribution in [3.05, 3.63) is 46.2 Å². The minimum Gasteiger partial charge on any atom is -0.361 e. The van der Waals surface area contributed by atoms with Crippen molar-refractivity contribution in [3.8, 4) is 0 Å². The fourth-order valence-corrected chi connectivity index (χ4v) is 4.53. The Balaban J connectivity index is 1.57. The van der Waals surface area contributed by atoms with Crippen molar-refractivity contribution in [1.82, 2.24) is 5.32 Å². The van der Waals surface area contributed by atoms with Crippen LogP contribution >= 0.6 is 11.3 Å². The largest absolute Gasteiger partial charge is 0.361 e. The second kappa shape index (κ2) is 7.58. The number of thiophene rings is 1. The summed E-state index contributed by atoms with van der Waals surface area (Å²) in [7, 11) is -3.19. The van der Waals surface area contributed by atoms with Crippen molar-refractivity contribution in [2.24, 2.45) is 0 Å². The molecule has 0 atom stereocenters. The molecule has 0 radical (unpaired) electrons. The molecule has 0 saturated heterocycles. The number of hydrogen-bond acceptors (Lipinski definition) is 5. The maximum absolute atomic E-state index is 12.3. The minimum atomic E-state index is -3.19. The molecule has 2 aromatic rings. The van der Waals surface area contributed by atoms with Gasteiger partial charge in [0.2, 0.25) is 5.91 Å². The van der Waals surface area contributed by atoms with E-state index in [-0.39, 0.29) is 10.8 Å². The highest BCUT2D eigenvalue weighted by Crippen LogP contribution is 2.30. The highest BCUT2D eigenvalue weighted by molar-refractivity contribution is 7.90. The molecule has 2 heterocycles. The number of nitrogens with zero attached hydrogens (tertiary/aromatic N) is 1. The van der Waals surface area contributed by atoms with Gasteiger partial charge < -0.3 is 10.2 Å². The SMILES string of the molecule is CS(=O)(=O)c1ccc(CNC(=O)CN2CCCCc3sccc32)cc1. The van der Waals surface area contributed by atoms with Gasteiger partial charge >= 0.3 is 0 Å². The maximum atomic E-state index is 12.3. The number of benzene rings is 1. The van der Waals surface area contributed by atoms with E-state index >= 15 is 0 Å². The van der Waals surface area contributed by atoms with Crippen molar-refractivity contribution in [2.75, 3.05) is 24.2 Å². The molecule has 1 aromatic heterocycles. The molecule has 1 aromatic carbocycles. The van der Waals surface area contributed by atoms with Gasteiger partial charge in [-0.3, -0.25) is 4.79 Å². The minimum absolute atomic E-state index is 0.0220. The van der Waals surface area contributed by atoms with Crippen LogP contribution in [0, 0.1) is 0 Å². The van der Waals surface area contributed by atoms with E-state index in [0.29, 0.717) is 13.1 Å². The second-order valence-corrected chi connectivity index (χ2v) is 9.32. The summed E-state index contributed by atoms with van der Waals surface area (Å²) in [5, 5.41) is 5.01. The molecule has 25 heavy (non-hydrogen) atoms. The average molecular weight is 379 g/mol. The van der Waals surface area contributed by atoms with Crippen molar-refractivity contribution in [1.29, 1.82) is 0 Å². The fourth-order valence-electron chi connectivity index (χ4n) is 2.96. The van der Waals surface area contributed by atoms with E-state index in [4.69, 9.17) is 0 Å². The van der Waals surface area contributed by atoms with Gasteiger partial charge in [-0.15, -0.1) is 11.3 Å². The molecule has 1 aliphatic heterocycles. The molecule has 3 rings (SSSR count). The quantitative estimate of drug-likeness (QED) is 0.869. The average Bonchev–Trinajstić information content (AvgIpc) is 2.96. The number of amides is 1. The predicted molar refractivity (Wildman–Crippen MR) is 101 cm³/mol. The summed E-state index contributed by atoms with van der Waals surface area (Å²) >= 11 is 1.76. The zero-order valence-electron chi connectivity index (χ0n) is 14.2. The molecule has 0 unspecified atom stereocenters. The van der Waals surface area contributed by atoms with Crippen molar-refractivity contribution in [3.63, 3.8) is 0 Å². The van der Waals surface area contributed by atoms with Crippen LogP contribution < -0.4 is 10.2 Å². The first-order valence-corrected chi connectivity index (χ1v) is 11.1. The number of carbonyl (C=O) groups excluding carboxylic acids is 1. The molecular formula is C18H22N2O3S2. The first kappa shape index (κ1) is 17.9. The lowest BCUT2D eigenvalue weighted by Gasteiger charge is -2.22. The van der Waals surface area contributed by atoms with Crippen LogP contribution in [-0.2, 0) is 27.6 Å². The number of sulfone groups is 1. The van der Waals surface area contributed by atoms with Crippen LogP contribution in [0.1, 0.15) is 23.3 Å². The topological polar surface area (TPSA) is 66.5 Å². The predicted octanol–water partition coefficient (Wildman–Crippen LogP) is 2.61. The zero-order valence-corrected chi connectivity index (χ0v) is 15.8. The van der Waals surface area contributed by atoms with E-state index in [0.717, 1.165) is 31.4 Å². The Morgan fingerprint density at radius 3 is 2.68 bits per heavy atom. The van der Waals surface area contributed by atoms with Gasteiger partial charge in [0.15, 0.2) is 9.84 Å². The van der Waals surface area contributed by atoms with Gasteiger partial charge in [-0.25, -0.2) is 8.42 Å². The van der Waals surface area contributed by atoms with Gasteiger partial charge in [0, 0.05) is 24.2 Å². The Morgan fingerprint density at radius 1 is 1.20 bits per heavy atom. The number of rotatable bonds is 5. The van der Waals surface area contributed by atoms with Crippen LogP contribution in [0.15, 0.2) is 40.6 Å². The van der Waals surface area contributed by atoms with E-state index in [2.05, 4.69) is 21.7 Å². The molecule has 1 N–H and O–H groups in total. The Bertz CT molecular complexity index is 841. The van der Waals surface area contributed by atoms with Crippen LogP contribution in [0.2, 0.25) is 0 Å². The Labute approximate surface area is 152 Å². The number of fused-ring (bicyclic) bond motifs is 1. The Morgan fingerprint density at radius 2 is 1.96 bits per heavy atom. The number of hydrogen-bond donors (Lipinski definition) is 1. The first-order chi connectivity index (χ1) is 11.9.